The molecule has 1 heterocycles. The van der Waals surface area contributed by atoms with Crippen LogP contribution >= 0.6 is 15.9 Å². The van der Waals surface area contributed by atoms with Gasteiger partial charge in [-0.05, 0) is 47.8 Å². The fourth-order valence-electron chi connectivity index (χ4n) is 2.05. The Kier molecular flexibility index (Phi) is 4.02. The van der Waals surface area contributed by atoms with E-state index in [1.54, 1.807) is 6.07 Å². The number of benzene rings is 1. The summed E-state index contributed by atoms with van der Waals surface area (Å²) in [4.78, 5) is 12.1. The maximum absolute atomic E-state index is 13.4. The van der Waals surface area contributed by atoms with Gasteiger partial charge in [-0.3, -0.25) is 4.79 Å². The van der Waals surface area contributed by atoms with E-state index >= 15 is 0 Å². The summed E-state index contributed by atoms with van der Waals surface area (Å²) in [5, 5.41) is 2.92. The van der Waals surface area contributed by atoms with Crippen molar-refractivity contribution in [2.24, 2.45) is 0 Å². The molecule has 0 spiro atoms. The molecule has 98 valence electrons. The number of hydrogen-bond donors (Lipinski definition) is 1. The lowest BCUT2D eigenvalue weighted by Crippen LogP contribution is -2.51. The summed E-state index contributed by atoms with van der Waals surface area (Å²) in [5.74, 6) is -0.720. The lowest BCUT2D eigenvalue weighted by atomic mass is 9.94. The van der Waals surface area contributed by atoms with E-state index in [4.69, 9.17) is 4.74 Å². The van der Waals surface area contributed by atoms with Crippen LogP contribution in [-0.4, -0.2) is 24.7 Å². The van der Waals surface area contributed by atoms with Crippen molar-refractivity contribution in [3.8, 4) is 0 Å². The van der Waals surface area contributed by atoms with Crippen molar-refractivity contribution >= 4 is 21.8 Å². The van der Waals surface area contributed by atoms with Crippen molar-refractivity contribution in [3.05, 3.63) is 34.1 Å². The topological polar surface area (TPSA) is 38.3 Å². The highest BCUT2D eigenvalue weighted by molar-refractivity contribution is 9.10. The highest BCUT2D eigenvalue weighted by Gasteiger charge is 2.30. The number of rotatable bonds is 2. The number of amides is 1. The summed E-state index contributed by atoms with van der Waals surface area (Å²) in [6.45, 7) is 3.16. The van der Waals surface area contributed by atoms with E-state index in [0.717, 1.165) is 19.4 Å². The van der Waals surface area contributed by atoms with Gasteiger partial charge in [0.25, 0.3) is 5.91 Å². The van der Waals surface area contributed by atoms with Gasteiger partial charge in [0.2, 0.25) is 0 Å². The zero-order valence-electron chi connectivity index (χ0n) is 10.1. The molecule has 0 aromatic heterocycles. The minimum absolute atomic E-state index is 0.197. The zero-order chi connectivity index (χ0) is 13.2. The number of halogens is 2. The van der Waals surface area contributed by atoms with Gasteiger partial charge in [0.1, 0.15) is 5.82 Å². The molecular formula is C13H15BrFNO2. The predicted molar refractivity (Wildman–Crippen MR) is 70.0 cm³/mol. The molecule has 0 radical (unpaired) electrons. The number of hydrogen-bond acceptors (Lipinski definition) is 2. The summed E-state index contributed by atoms with van der Waals surface area (Å²) in [5.41, 5.74) is -0.0667. The van der Waals surface area contributed by atoms with Crippen molar-refractivity contribution in [3.63, 3.8) is 0 Å². The van der Waals surface area contributed by atoms with Gasteiger partial charge in [-0.2, -0.15) is 0 Å². The summed E-state index contributed by atoms with van der Waals surface area (Å²) in [6, 6.07) is 4.43. The average Bonchev–Trinajstić information content (AvgIpc) is 2.33. The number of carbonyl (C=O) groups excluding carboxylic acids is 1. The zero-order valence-corrected chi connectivity index (χ0v) is 11.7. The fourth-order valence-corrected chi connectivity index (χ4v) is 2.50. The lowest BCUT2D eigenvalue weighted by Gasteiger charge is -2.34. The Balaban J connectivity index is 2.14. The Hall–Kier alpha value is -0.940. The van der Waals surface area contributed by atoms with Crippen molar-refractivity contribution in [1.29, 1.82) is 0 Å². The molecular weight excluding hydrogens is 301 g/mol. The highest BCUT2D eigenvalue weighted by Crippen LogP contribution is 2.23. The van der Waals surface area contributed by atoms with Crippen LogP contribution in [0, 0.1) is 5.82 Å². The van der Waals surface area contributed by atoms with Gasteiger partial charge in [0, 0.05) is 6.61 Å². The molecule has 0 aliphatic carbocycles. The molecule has 1 saturated heterocycles. The minimum Gasteiger partial charge on any atom is -0.379 e. The Labute approximate surface area is 114 Å². The lowest BCUT2D eigenvalue weighted by molar-refractivity contribution is 0.0272. The van der Waals surface area contributed by atoms with Crippen LogP contribution in [0.25, 0.3) is 0 Å². The van der Waals surface area contributed by atoms with E-state index in [2.05, 4.69) is 21.2 Å². The maximum Gasteiger partial charge on any atom is 0.253 e. The van der Waals surface area contributed by atoms with Gasteiger partial charge in [0.05, 0.1) is 22.2 Å². The van der Waals surface area contributed by atoms with E-state index in [0.29, 0.717) is 12.2 Å². The van der Waals surface area contributed by atoms with Crippen LogP contribution < -0.4 is 5.32 Å². The SMILES string of the molecule is CC1(NC(=O)c2cccc(F)c2Br)CCCOC1. The first kappa shape index (κ1) is 13.5. The van der Waals surface area contributed by atoms with Crippen LogP contribution in [0.2, 0.25) is 0 Å². The Morgan fingerprint density at radius 3 is 3.00 bits per heavy atom. The van der Waals surface area contributed by atoms with Gasteiger partial charge >= 0.3 is 0 Å². The van der Waals surface area contributed by atoms with Gasteiger partial charge in [0.15, 0.2) is 0 Å². The molecule has 0 bridgehead atoms. The Morgan fingerprint density at radius 2 is 2.33 bits per heavy atom. The van der Waals surface area contributed by atoms with Gasteiger partial charge < -0.3 is 10.1 Å². The van der Waals surface area contributed by atoms with Crippen LogP contribution in [0.3, 0.4) is 0 Å². The molecule has 0 saturated carbocycles. The molecule has 2 rings (SSSR count). The van der Waals surface area contributed by atoms with Crippen LogP contribution in [0.4, 0.5) is 4.39 Å². The van der Waals surface area contributed by atoms with Crippen LogP contribution in [0.1, 0.15) is 30.1 Å². The number of carbonyl (C=O) groups is 1. The molecule has 1 atom stereocenters. The third-order valence-electron chi connectivity index (χ3n) is 3.05. The molecule has 1 aliphatic heterocycles. The molecule has 5 heteroatoms. The molecule has 1 fully saturated rings. The van der Waals surface area contributed by atoms with Gasteiger partial charge in [-0.25, -0.2) is 4.39 Å². The van der Waals surface area contributed by atoms with Crippen LogP contribution in [0.5, 0.6) is 0 Å². The first-order valence-corrected chi connectivity index (χ1v) is 6.65. The Morgan fingerprint density at radius 1 is 1.56 bits per heavy atom. The molecule has 18 heavy (non-hydrogen) atoms. The maximum atomic E-state index is 13.4. The molecule has 1 aliphatic rings. The minimum atomic E-state index is -0.437. The van der Waals surface area contributed by atoms with Crippen molar-refractivity contribution < 1.29 is 13.9 Å². The predicted octanol–water partition coefficient (Wildman–Crippen LogP) is 2.89. The Bertz CT molecular complexity index is 458. The third-order valence-corrected chi connectivity index (χ3v) is 3.86. The van der Waals surface area contributed by atoms with E-state index in [-0.39, 0.29) is 15.9 Å². The summed E-state index contributed by atoms with van der Waals surface area (Å²) >= 11 is 3.10. The van der Waals surface area contributed by atoms with Crippen LogP contribution in [0.15, 0.2) is 22.7 Å². The van der Waals surface area contributed by atoms with Crippen molar-refractivity contribution in [1.82, 2.24) is 5.32 Å². The molecule has 3 nitrogen and oxygen atoms in total. The largest absolute Gasteiger partial charge is 0.379 e. The second-order valence-corrected chi connectivity index (χ2v) is 5.57. The van der Waals surface area contributed by atoms with Crippen LogP contribution in [-0.2, 0) is 4.74 Å². The fraction of sp³-hybridized carbons (Fsp3) is 0.462. The number of nitrogens with one attached hydrogen (secondary N) is 1. The van der Waals surface area contributed by atoms with Gasteiger partial charge in [-0.15, -0.1) is 0 Å². The van der Waals surface area contributed by atoms with Crippen molar-refractivity contribution in [2.45, 2.75) is 25.3 Å². The summed E-state index contributed by atoms with van der Waals surface area (Å²) < 4.78 is 18.9. The normalized spacial score (nSPS) is 23.7. The standard InChI is InChI=1S/C13H15BrFNO2/c1-13(6-3-7-18-8-13)16-12(17)9-4-2-5-10(15)11(9)14/h2,4-5H,3,6-8H2,1H3,(H,16,17). The van der Waals surface area contributed by atoms with E-state index in [1.807, 2.05) is 6.92 Å². The monoisotopic (exact) mass is 315 g/mol. The summed E-state index contributed by atoms with van der Waals surface area (Å²) in [7, 11) is 0. The number of ether oxygens (including phenoxy) is 1. The molecule has 1 N–H and O–H groups in total. The van der Waals surface area contributed by atoms with E-state index in [9.17, 15) is 9.18 Å². The first-order chi connectivity index (χ1) is 8.52. The molecule has 1 aromatic carbocycles. The second-order valence-electron chi connectivity index (χ2n) is 4.77. The molecule has 1 amide bonds. The second kappa shape index (κ2) is 5.36. The average molecular weight is 316 g/mol. The molecule has 1 unspecified atom stereocenters. The van der Waals surface area contributed by atoms with Crippen molar-refractivity contribution in [2.75, 3.05) is 13.2 Å². The van der Waals surface area contributed by atoms with E-state index in [1.165, 1.54) is 12.1 Å². The highest BCUT2D eigenvalue weighted by atomic mass is 79.9. The molecule has 1 aromatic rings. The smallest absolute Gasteiger partial charge is 0.253 e. The third kappa shape index (κ3) is 2.90. The van der Waals surface area contributed by atoms with E-state index < -0.39 is 5.82 Å². The van der Waals surface area contributed by atoms with Gasteiger partial charge in [-0.1, -0.05) is 6.07 Å². The first-order valence-electron chi connectivity index (χ1n) is 5.86. The summed E-state index contributed by atoms with van der Waals surface area (Å²) in [6.07, 6.45) is 1.78. The quantitative estimate of drug-likeness (QED) is 0.911.